The summed E-state index contributed by atoms with van der Waals surface area (Å²) in [5.41, 5.74) is 5.05. The minimum absolute atomic E-state index is 0.226. The topological polar surface area (TPSA) is 61.6 Å². The molecule has 1 aliphatic carbocycles. The first kappa shape index (κ1) is 15.7. The van der Waals surface area contributed by atoms with E-state index in [1.54, 1.807) is 0 Å². The first-order valence-corrected chi connectivity index (χ1v) is 8.02. The van der Waals surface area contributed by atoms with Gasteiger partial charge in [0.15, 0.2) is 0 Å². The van der Waals surface area contributed by atoms with Crippen LogP contribution in [0.1, 0.15) is 40.0 Å². The molecule has 0 aromatic heterocycles. The minimum Gasteiger partial charge on any atom is -0.368 e. The van der Waals surface area contributed by atoms with Crippen molar-refractivity contribution in [1.29, 1.82) is 0 Å². The Kier molecular flexibility index (Phi) is 5.04. The molecule has 1 saturated carbocycles. The van der Waals surface area contributed by atoms with E-state index in [-0.39, 0.29) is 5.91 Å². The smallest absolute Gasteiger partial charge is 0.238 e. The van der Waals surface area contributed by atoms with Gasteiger partial charge in [0.2, 0.25) is 5.91 Å². The van der Waals surface area contributed by atoms with E-state index in [9.17, 15) is 4.79 Å². The summed E-state index contributed by atoms with van der Waals surface area (Å²) in [6, 6.07) is 1.12. The van der Waals surface area contributed by atoms with Gasteiger partial charge >= 0.3 is 0 Å². The van der Waals surface area contributed by atoms with Gasteiger partial charge in [-0.3, -0.25) is 19.9 Å². The van der Waals surface area contributed by atoms with Crippen molar-refractivity contribution in [3.05, 3.63) is 0 Å². The Bertz CT molecular complexity index is 341. The normalized spacial score (nSPS) is 26.9. The van der Waals surface area contributed by atoms with E-state index in [0.29, 0.717) is 12.1 Å². The zero-order valence-corrected chi connectivity index (χ0v) is 13.2. The SMILES string of the molecule is CCN(CC)C1CCN(CC(C)(NC2CC2)C(N)=O)C1. The first-order chi connectivity index (χ1) is 9.48. The number of primary amides is 1. The molecule has 3 N–H and O–H groups in total. The van der Waals surface area contributed by atoms with E-state index in [4.69, 9.17) is 5.73 Å². The molecular formula is C15H30N4O. The molecule has 2 unspecified atom stereocenters. The summed E-state index contributed by atoms with van der Waals surface area (Å²) in [6.45, 7) is 11.4. The third-order valence-corrected chi connectivity index (χ3v) is 4.76. The summed E-state index contributed by atoms with van der Waals surface area (Å²) in [5.74, 6) is -0.226. The fourth-order valence-corrected chi connectivity index (χ4v) is 3.31. The predicted molar refractivity (Wildman–Crippen MR) is 81.5 cm³/mol. The first-order valence-electron chi connectivity index (χ1n) is 8.02. The maximum Gasteiger partial charge on any atom is 0.238 e. The average molecular weight is 282 g/mol. The maximum absolute atomic E-state index is 11.8. The molecule has 20 heavy (non-hydrogen) atoms. The summed E-state index contributed by atoms with van der Waals surface area (Å²) < 4.78 is 0. The third-order valence-electron chi connectivity index (χ3n) is 4.76. The summed E-state index contributed by atoms with van der Waals surface area (Å²) >= 11 is 0. The van der Waals surface area contributed by atoms with Gasteiger partial charge in [0.25, 0.3) is 0 Å². The molecule has 1 amide bonds. The minimum atomic E-state index is -0.584. The molecule has 0 radical (unpaired) electrons. The number of carbonyl (C=O) groups excluding carboxylic acids is 1. The Morgan fingerprint density at radius 2 is 2.00 bits per heavy atom. The molecule has 116 valence electrons. The molecule has 2 atom stereocenters. The number of hydrogen-bond acceptors (Lipinski definition) is 4. The lowest BCUT2D eigenvalue weighted by Gasteiger charge is -2.33. The molecule has 2 fully saturated rings. The van der Waals surface area contributed by atoms with Gasteiger partial charge in [-0.15, -0.1) is 0 Å². The van der Waals surface area contributed by atoms with Crippen molar-refractivity contribution in [1.82, 2.24) is 15.1 Å². The number of nitrogens with two attached hydrogens (primary N) is 1. The third kappa shape index (κ3) is 3.71. The molecule has 1 heterocycles. The van der Waals surface area contributed by atoms with E-state index >= 15 is 0 Å². The molecule has 2 rings (SSSR count). The van der Waals surface area contributed by atoms with Crippen LogP contribution in [-0.2, 0) is 4.79 Å². The summed E-state index contributed by atoms with van der Waals surface area (Å²) in [6.07, 6.45) is 3.54. The van der Waals surface area contributed by atoms with Crippen LogP contribution in [0.25, 0.3) is 0 Å². The number of nitrogens with one attached hydrogen (secondary N) is 1. The van der Waals surface area contributed by atoms with Crippen LogP contribution >= 0.6 is 0 Å². The van der Waals surface area contributed by atoms with Gasteiger partial charge in [-0.2, -0.15) is 0 Å². The van der Waals surface area contributed by atoms with Crippen LogP contribution < -0.4 is 11.1 Å². The zero-order valence-electron chi connectivity index (χ0n) is 13.2. The largest absolute Gasteiger partial charge is 0.368 e. The number of carbonyl (C=O) groups is 1. The summed E-state index contributed by atoms with van der Waals surface area (Å²) in [5, 5.41) is 3.44. The second-order valence-corrected chi connectivity index (χ2v) is 6.51. The van der Waals surface area contributed by atoms with Gasteiger partial charge in [-0.05, 0) is 45.8 Å². The lowest BCUT2D eigenvalue weighted by Crippen LogP contribution is -2.60. The molecule has 5 nitrogen and oxygen atoms in total. The van der Waals surface area contributed by atoms with Crippen LogP contribution in [0.3, 0.4) is 0 Å². The quantitative estimate of drug-likeness (QED) is 0.676. The Morgan fingerprint density at radius 3 is 2.50 bits per heavy atom. The fraction of sp³-hybridized carbons (Fsp3) is 0.933. The number of hydrogen-bond donors (Lipinski definition) is 2. The van der Waals surface area contributed by atoms with Crippen LogP contribution in [0.2, 0.25) is 0 Å². The molecular weight excluding hydrogens is 252 g/mol. The van der Waals surface area contributed by atoms with Crippen molar-refractivity contribution < 1.29 is 4.79 Å². The predicted octanol–water partition coefficient (Wildman–Crippen LogP) is 0.399. The molecule has 0 aromatic carbocycles. The number of nitrogens with zero attached hydrogens (tertiary/aromatic N) is 2. The van der Waals surface area contributed by atoms with Crippen LogP contribution in [-0.4, -0.2) is 66.1 Å². The molecule has 2 aliphatic rings. The highest BCUT2D eigenvalue weighted by Gasteiger charge is 2.40. The second kappa shape index (κ2) is 6.41. The Labute approximate surface area is 122 Å². The molecule has 0 aromatic rings. The van der Waals surface area contributed by atoms with Crippen molar-refractivity contribution in [3.8, 4) is 0 Å². The van der Waals surface area contributed by atoms with Crippen molar-refractivity contribution in [2.24, 2.45) is 5.73 Å². The Morgan fingerprint density at radius 1 is 1.35 bits per heavy atom. The summed E-state index contributed by atoms with van der Waals surface area (Å²) in [7, 11) is 0. The highest BCUT2D eigenvalue weighted by atomic mass is 16.1. The van der Waals surface area contributed by atoms with Gasteiger partial charge < -0.3 is 5.73 Å². The monoisotopic (exact) mass is 282 g/mol. The van der Waals surface area contributed by atoms with Gasteiger partial charge in [-0.1, -0.05) is 13.8 Å². The highest BCUT2D eigenvalue weighted by molar-refractivity contribution is 5.84. The van der Waals surface area contributed by atoms with Crippen molar-refractivity contribution >= 4 is 5.91 Å². The average Bonchev–Trinajstić information content (AvgIpc) is 3.09. The molecule has 5 heteroatoms. The molecule has 0 spiro atoms. The zero-order chi connectivity index (χ0) is 14.8. The molecule has 1 aliphatic heterocycles. The lowest BCUT2D eigenvalue weighted by atomic mass is 10.0. The fourth-order valence-electron chi connectivity index (χ4n) is 3.31. The van der Waals surface area contributed by atoms with Crippen LogP contribution in [0.5, 0.6) is 0 Å². The van der Waals surface area contributed by atoms with E-state index < -0.39 is 5.54 Å². The Balaban J connectivity index is 1.90. The van der Waals surface area contributed by atoms with E-state index in [1.807, 2.05) is 6.92 Å². The highest BCUT2D eigenvalue weighted by Crippen LogP contribution is 2.24. The van der Waals surface area contributed by atoms with E-state index in [1.165, 1.54) is 19.3 Å². The Hall–Kier alpha value is -0.650. The van der Waals surface area contributed by atoms with Crippen LogP contribution in [0, 0.1) is 0 Å². The van der Waals surface area contributed by atoms with Gasteiger partial charge in [-0.25, -0.2) is 0 Å². The van der Waals surface area contributed by atoms with Crippen molar-refractivity contribution in [2.75, 3.05) is 32.7 Å². The standard InChI is InChI=1S/C15H30N4O/c1-4-19(5-2)13-8-9-18(10-13)11-15(3,14(16)20)17-12-6-7-12/h12-13,17H,4-11H2,1-3H3,(H2,16,20). The number of likely N-dealkylation sites (tertiary alicyclic amines) is 1. The second-order valence-electron chi connectivity index (χ2n) is 6.51. The van der Waals surface area contributed by atoms with E-state index in [2.05, 4.69) is 29.0 Å². The van der Waals surface area contributed by atoms with Gasteiger partial charge in [0, 0.05) is 25.2 Å². The van der Waals surface area contributed by atoms with Crippen molar-refractivity contribution in [2.45, 2.75) is 57.7 Å². The molecule has 0 bridgehead atoms. The van der Waals surface area contributed by atoms with Crippen molar-refractivity contribution in [3.63, 3.8) is 0 Å². The lowest BCUT2D eigenvalue weighted by molar-refractivity contribution is -0.124. The number of rotatable bonds is 8. The molecule has 1 saturated heterocycles. The number of amides is 1. The summed E-state index contributed by atoms with van der Waals surface area (Å²) in [4.78, 5) is 16.7. The maximum atomic E-state index is 11.8. The number of likely N-dealkylation sites (N-methyl/N-ethyl adjacent to an activating group) is 1. The van der Waals surface area contributed by atoms with Crippen LogP contribution in [0.15, 0.2) is 0 Å². The van der Waals surface area contributed by atoms with E-state index in [0.717, 1.165) is 32.7 Å². The van der Waals surface area contributed by atoms with Gasteiger partial charge in [0.05, 0.1) is 0 Å². The van der Waals surface area contributed by atoms with Crippen LogP contribution in [0.4, 0.5) is 0 Å². The van der Waals surface area contributed by atoms with Gasteiger partial charge in [0.1, 0.15) is 5.54 Å².